The second kappa shape index (κ2) is 2.19. The minimum Gasteiger partial charge on any atom is -0.389 e. The highest BCUT2D eigenvalue weighted by Gasteiger charge is 2.40. The highest BCUT2D eigenvalue weighted by Crippen LogP contribution is 2.33. The summed E-state index contributed by atoms with van der Waals surface area (Å²) in [7, 11) is 0. The van der Waals surface area contributed by atoms with Crippen LogP contribution in [0.5, 0.6) is 0 Å². The minimum atomic E-state index is -0.324. The normalized spacial score (nSPS) is 29.7. The van der Waals surface area contributed by atoms with Crippen molar-refractivity contribution in [3.8, 4) is 0 Å². The lowest BCUT2D eigenvalue weighted by atomic mass is 10.2. The van der Waals surface area contributed by atoms with E-state index in [4.69, 9.17) is 0 Å². The first-order chi connectivity index (χ1) is 4.79. The van der Waals surface area contributed by atoms with Gasteiger partial charge >= 0.3 is 0 Å². The fourth-order valence-electron chi connectivity index (χ4n) is 1.09. The Morgan fingerprint density at radius 3 is 2.60 bits per heavy atom. The summed E-state index contributed by atoms with van der Waals surface area (Å²) in [5.41, 5.74) is -0.324. The maximum Gasteiger partial charge on any atom is 0.0773 e. The van der Waals surface area contributed by atoms with Gasteiger partial charge in [0.25, 0.3) is 0 Å². The van der Waals surface area contributed by atoms with Crippen molar-refractivity contribution in [3.05, 3.63) is 0 Å². The Morgan fingerprint density at radius 1 is 1.50 bits per heavy atom. The van der Waals surface area contributed by atoms with E-state index in [0.717, 1.165) is 32.5 Å². The van der Waals surface area contributed by atoms with Crippen LogP contribution in [0.3, 0.4) is 0 Å². The molecule has 1 saturated carbocycles. The number of hydrogen-bond donors (Lipinski definition) is 3. The van der Waals surface area contributed by atoms with E-state index in [1.54, 1.807) is 0 Å². The molecule has 58 valence electrons. The molecule has 1 saturated heterocycles. The predicted molar refractivity (Wildman–Crippen MR) is 38.8 cm³/mol. The average Bonchev–Trinajstić information content (AvgIpc) is 2.44. The molecule has 1 aliphatic carbocycles. The van der Waals surface area contributed by atoms with Crippen LogP contribution in [0, 0.1) is 0 Å². The smallest absolute Gasteiger partial charge is 0.0773 e. The summed E-state index contributed by atoms with van der Waals surface area (Å²) in [6.45, 7) is 2.92. The Hall–Kier alpha value is -0.120. The van der Waals surface area contributed by atoms with E-state index < -0.39 is 0 Å². The first-order valence-electron chi connectivity index (χ1n) is 3.95. The maximum absolute atomic E-state index is 9.41. The molecular formula is C7H14N2O. The average molecular weight is 142 g/mol. The van der Waals surface area contributed by atoms with E-state index in [9.17, 15) is 5.11 Å². The number of rotatable bonds is 3. The summed E-state index contributed by atoms with van der Waals surface area (Å²) < 4.78 is 0. The largest absolute Gasteiger partial charge is 0.389 e. The van der Waals surface area contributed by atoms with Crippen LogP contribution in [0.2, 0.25) is 0 Å². The van der Waals surface area contributed by atoms with Crippen LogP contribution in [-0.4, -0.2) is 36.4 Å². The van der Waals surface area contributed by atoms with E-state index >= 15 is 0 Å². The second-order valence-electron chi connectivity index (χ2n) is 3.46. The molecule has 0 amide bonds. The monoisotopic (exact) mass is 142 g/mol. The highest BCUT2D eigenvalue weighted by atomic mass is 16.3. The Balaban J connectivity index is 1.63. The Bertz CT molecular complexity index is 130. The molecule has 10 heavy (non-hydrogen) atoms. The first kappa shape index (κ1) is 6.58. The lowest BCUT2D eigenvalue weighted by molar-refractivity contribution is 0.139. The van der Waals surface area contributed by atoms with Gasteiger partial charge in [0, 0.05) is 25.7 Å². The zero-order valence-electron chi connectivity index (χ0n) is 6.06. The van der Waals surface area contributed by atoms with Crippen LogP contribution in [-0.2, 0) is 0 Å². The van der Waals surface area contributed by atoms with Gasteiger partial charge in [-0.05, 0) is 12.8 Å². The van der Waals surface area contributed by atoms with Gasteiger partial charge in [-0.2, -0.15) is 0 Å². The molecule has 3 heteroatoms. The minimum absolute atomic E-state index is 0.324. The van der Waals surface area contributed by atoms with Crippen LogP contribution in [0.15, 0.2) is 0 Å². The summed E-state index contributed by atoms with van der Waals surface area (Å²) in [6.07, 6.45) is 1.97. The quantitative estimate of drug-likeness (QED) is 0.477. The van der Waals surface area contributed by atoms with Gasteiger partial charge in [0.05, 0.1) is 5.60 Å². The number of aliphatic hydroxyl groups is 1. The van der Waals surface area contributed by atoms with Gasteiger partial charge in [-0.1, -0.05) is 0 Å². The van der Waals surface area contributed by atoms with E-state index in [1.165, 1.54) is 0 Å². The van der Waals surface area contributed by atoms with Crippen LogP contribution in [0.25, 0.3) is 0 Å². The predicted octanol–water partition coefficient (Wildman–Crippen LogP) is -0.927. The Morgan fingerprint density at radius 2 is 2.20 bits per heavy atom. The molecule has 3 N–H and O–H groups in total. The first-order valence-corrected chi connectivity index (χ1v) is 3.95. The van der Waals surface area contributed by atoms with Gasteiger partial charge < -0.3 is 15.7 Å². The lowest BCUT2D eigenvalue weighted by Gasteiger charge is -2.29. The van der Waals surface area contributed by atoms with Gasteiger partial charge in [-0.25, -0.2) is 0 Å². The summed E-state index contributed by atoms with van der Waals surface area (Å²) in [5, 5.41) is 15.9. The van der Waals surface area contributed by atoms with Crippen molar-refractivity contribution < 1.29 is 5.11 Å². The molecule has 2 aliphatic rings. The van der Waals surface area contributed by atoms with E-state index in [1.807, 2.05) is 0 Å². The van der Waals surface area contributed by atoms with Gasteiger partial charge in [0.15, 0.2) is 0 Å². The van der Waals surface area contributed by atoms with Crippen molar-refractivity contribution in [1.82, 2.24) is 10.6 Å². The van der Waals surface area contributed by atoms with Gasteiger partial charge in [-0.3, -0.25) is 0 Å². The molecule has 1 aliphatic heterocycles. The fraction of sp³-hybridized carbons (Fsp3) is 1.00. The molecule has 0 aromatic heterocycles. The van der Waals surface area contributed by atoms with Crippen molar-refractivity contribution in [2.45, 2.75) is 24.5 Å². The molecule has 1 heterocycles. The molecule has 0 spiro atoms. The molecule has 2 fully saturated rings. The van der Waals surface area contributed by atoms with Gasteiger partial charge in [0.2, 0.25) is 0 Å². The molecule has 0 aromatic carbocycles. The van der Waals surface area contributed by atoms with Crippen molar-refractivity contribution in [1.29, 1.82) is 0 Å². The third kappa shape index (κ3) is 1.31. The molecule has 0 unspecified atom stereocenters. The summed E-state index contributed by atoms with van der Waals surface area (Å²) in [6, 6.07) is 0.615. The number of hydrogen-bond acceptors (Lipinski definition) is 3. The third-order valence-corrected chi connectivity index (χ3v) is 2.33. The van der Waals surface area contributed by atoms with Gasteiger partial charge in [0.1, 0.15) is 0 Å². The molecule has 3 nitrogen and oxygen atoms in total. The summed E-state index contributed by atoms with van der Waals surface area (Å²) in [4.78, 5) is 0. The molecule has 0 aromatic rings. The van der Waals surface area contributed by atoms with E-state index in [0.29, 0.717) is 6.04 Å². The topological polar surface area (TPSA) is 44.3 Å². The highest BCUT2D eigenvalue weighted by molar-refractivity contribution is 4.97. The fourth-order valence-corrected chi connectivity index (χ4v) is 1.09. The van der Waals surface area contributed by atoms with Crippen LogP contribution in [0.4, 0.5) is 0 Å². The molecule has 0 atom stereocenters. The zero-order valence-corrected chi connectivity index (χ0v) is 6.06. The van der Waals surface area contributed by atoms with Gasteiger partial charge in [-0.15, -0.1) is 0 Å². The van der Waals surface area contributed by atoms with Crippen molar-refractivity contribution in [2.75, 3.05) is 19.6 Å². The third-order valence-electron chi connectivity index (χ3n) is 2.33. The van der Waals surface area contributed by atoms with Crippen molar-refractivity contribution >= 4 is 0 Å². The van der Waals surface area contributed by atoms with Crippen molar-refractivity contribution in [3.63, 3.8) is 0 Å². The van der Waals surface area contributed by atoms with E-state index in [-0.39, 0.29) is 5.60 Å². The van der Waals surface area contributed by atoms with Crippen LogP contribution in [0.1, 0.15) is 12.8 Å². The second-order valence-corrected chi connectivity index (χ2v) is 3.46. The Labute approximate surface area is 60.8 Å². The van der Waals surface area contributed by atoms with Crippen LogP contribution >= 0.6 is 0 Å². The molecular weight excluding hydrogens is 128 g/mol. The number of nitrogens with one attached hydrogen (secondary N) is 2. The zero-order chi connectivity index (χ0) is 7.03. The molecule has 0 radical (unpaired) electrons. The summed E-state index contributed by atoms with van der Waals surface area (Å²) in [5.74, 6) is 0. The van der Waals surface area contributed by atoms with Crippen molar-refractivity contribution in [2.24, 2.45) is 0 Å². The lowest BCUT2D eigenvalue weighted by Crippen LogP contribution is -2.56. The molecule has 2 rings (SSSR count). The van der Waals surface area contributed by atoms with E-state index in [2.05, 4.69) is 10.6 Å². The summed E-state index contributed by atoms with van der Waals surface area (Å²) >= 11 is 0. The Kier molecular flexibility index (Phi) is 1.44. The molecule has 0 bridgehead atoms. The maximum atomic E-state index is 9.41. The SMILES string of the molecule is OC1(CNC2CNC2)CC1. The standard InChI is InChI=1S/C7H14N2O/c10-7(1-2-7)5-9-6-3-8-4-6/h6,8-10H,1-5H2. The van der Waals surface area contributed by atoms with Crippen LogP contribution < -0.4 is 10.6 Å².